The van der Waals surface area contributed by atoms with E-state index in [0.717, 1.165) is 0 Å². The summed E-state index contributed by atoms with van der Waals surface area (Å²) < 4.78 is 4.98. The number of benzene rings is 1. The van der Waals surface area contributed by atoms with Crippen LogP contribution in [0.15, 0.2) is 12.1 Å². The topological polar surface area (TPSA) is 36.3 Å². The van der Waals surface area contributed by atoms with Crippen LogP contribution < -0.4 is 9.64 Å². The van der Waals surface area contributed by atoms with Gasteiger partial charge in [-0.3, -0.25) is 4.90 Å². The van der Waals surface area contributed by atoms with Gasteiger partial charge in [0, 0.05) is 13.1 Å². The third-order valence-electron chi connectivity index (χ3n) is 1.73. The van der Waals surface area contributed by atoms with E-state index in [0.29, 0.717) is 21.5 Å². The fraction of sp³-hybridized carbons (Fsp3) is 0.222. The Labute approximate surface area is 92.4 Å². The zero-order chi connectivity index (χ0) is 10.7. The molecule has 0 heterocycles. The van der Waals surface area contributed by atoms with E-state index in [9.17, 15) is 0 Å². The van der Waals surface area contributed by atoms with Crippen molar-refractivity contribution in [2.45, 2.75) is 0 Å². The third-order valence-corrected chi connectivity index (χ3v) is 2.33. The quantitative estimate of drug-likeness (QED) is 0.579. The number of nitrogens with zero attached hydrogens (tertiary/aromatic N) is 2. The lowest BCUT2D eigenvalue weighted by atomic mass is 10.3. The van der Waals surface area contributed by atoms with Gasteiger partial charge < -0.3 is 4.74 Å². The minimum atomic E-state index is 0.425. The van der Waals surface area contributed by atoms with Crippen molar-refractivity contribution >= 4 is 28.9 Å². The maximum Gasteiger partial charge on any atom is 0.184 e. The van der Waals surface area contributed by atoms with Crippen molar-refractivity contribution in [2.75, 3.05) is 19.1 Å². The molecule has 0 aromatic heterocycles. The van der Waals surface area contributed by atoms with Crippen LogP contribution >= 0.6 is 23.2 Å². The number of hydrogen-bond donors (Lipinski definition) is 0. The normalized spacial score (nSPS) is 9.36. The summed E-state index contributed by atoms with van der Waals surface area (Å²) in [6.45, 7) is 0. The second-order valence-electron chi connectivity index (χ2n) is 2.60. The highest BCUT2D eigenvalue weighted by atomic mass is 35.5. The van der Waals surface area contributed by atoms with Gasteiger partial charge in [-0.2, -0.15) is 5.26 Å². The molecule has 5 heteroatoms. The molecule has 0 aliphatic carbocycles. The van der Waals surface area contributed by atoms with Crippen LogP contribution in [-0.4, -0.2) is 14.2 Å². The number of anilines is 1. The van der Waals surface area contributed by atoms with Crippen LogP contribution in [0.4, 0.5) is 5.69 Å². The van der Waals surface area contributed by atoms with Crippen LogP contribution in [0.2, 0.25) is 10.0 Å². The van der Waals surface area contributed by atoms with Crippen LogP contribution in [-0.2, 0) is 0 Å². The first kappa shape index (κ1) is 11.0. The van der Waals surface area contributed by atoms with Gasteiger partial charge in [-0.25, -0.2) is 0 Å². The van der Waals surface area contributed by atoms with Gasteiger partial charge in [-0.05, 0) is 6.07 Å². The standard InChI is InChI=1S/C9H8Cl2N2O/c1-13(5-12)8-3-7(11)9(14-2)4-6(8)10/h3-4H,1-2H3. The van der Waals surface area contributed by atoms with E-state index in [-0.39, 0.29) is 0 Å². The number of rotatable bonds is 2. The molecule has 1 rings (SSSR count). The molecule has 1 aromatic carbocycles. The smallest absolute Gasteiger partial charge is 0.184 e. The summed E-state index contributed by atoms with van der Waals surface area (Å²) in [5, 5.41) is 9.52. The first-order valence-electron chi connectivity index (χ1n) is 3.76. The fourth-order valence-corrected chi connectivity index (χ4v) is 1.50. The number of halogens is 2. The average molecular weight is 231 g/mol. The molecule has 0 N–H and O–H groups in total. The van der Waals surface area contributed by atoms with E-state index in [1.807, 2.05) is 6.19 Å². The maximum atomic E-state index is 8.67. The van der Waals surface area contributed by atoms with Gasteiger partial charge in [0.25, 0.3) is 0 Å². The summed E-state index contributed by atoms with van der Waals surface area (Å²) in [7, 11) is 3.11. The lowest BCUT2D eigenvalue weighted by molar-refractivity contribution is 0.415. The lowest BCUT2D eigenvalue weighted by Gasteiger charge is -2.13. The average Bonchev–Trinajstić information content (AvgIpc) is 2.19. The molecule has 0 amide bonds. The molecule has 0 bridgehead atoms. The zero-order valence-corrected chi connectivity index (χ0v) is 9.23. The number of methoxy groups -OCH3 is 1. The summed E-state index contributed by atoms with van der Waals surface area (Å²) in [5.74, 6) is 0.492. The SMILES string of the molecule is COc1cc(Cl)c(N(C)C#N)cc1Cl. The van der Waals surface area contributed by atoms with Crippen molar-refractivity contribution in [2.24, 2.45) is 0 Å². The highest BCUT2D eigenvalue weighted by molar-refractivity contribution is 6.36. The van der Waals surface area contributed by atoms with E-state index in [1.165, 1.54) is 12.0 Å². The summed E-state index contributed by atoms with van der Waals surface area (Å²) in [4.78, 5) is 1.33. The Morgan fingerprint density at radius 2 is 2.00 bits per heavy atom. The summed E-state index contributed by atoms with van der Waals surface area (Å²) >= 11 is 11.8. The minimum Gasteiger partial charge on any atom is -0.495 e. The Balaban J connectivity index is 3.23. The Kier molecular flexibility index (Phi) is 3.45. The highest BCUT2D eigenvalue weighted by Gasteiger charge is 2.10. The Bertz CT molecular complexity index is 387. The molecular weight excluding hydrogens is 223 g/mol. The van der Waals surface area contributed by atoms with Crippen LogP contribution in [0, 0.1) is 11.5 Å². The van der Waals surface area contributed by atoms with Crippen LogP contribution in [0.25, 0.3) is 0 Å². The molecular formula is C9H8Cl2N2O. The largest absolute Gasteiger partial charge is 0.495 e. The van der Waals surface area contributed by atoms with Gasteiger partial charge in [0.15, 0.2) is 6.19 Å². The summed E-state index contributed by atoms with van der Waals surface area (Å²) in [6, 6.07) is 3.17. The highest BCUT2D eigenvalue weighted by Crippen LogP contribution is 2.35. The molecule has 3 nitrogen and oxygen atoms in total. The monoisotopic (exact) mass is 230 g/mol. The van der Waals surface area contributed by atoms with Gasteiger partial charge in [-0.15, -0.1) is 0 Å². The van der Waals surface area contributed by atoms with Crippen LogP contribution in [0.1, 0.15) is 0 Å². The van der Waals surface area contributed by atoms with E-state index in [2.05, 4.69) is 0 Å². The van der Waals surface area contributed by atoms with E-state index in [1.54, 1.807) is 19.2 Å². The van der Waals surface area contributed by atoms with Crippen molar-refractivity contribution in [3.63, 3.8) is 0 Å². The maximum absolute atomic E-state index is 8.67. The van der Waals surface area contributed by atoms with Gasteiger partial charge in [0.1, 0.15) is 5.75 Å². The van der Waals surface area contributed by atoms with Crippen molar-refractivity contribution < 1.29 is 4.74 Å². The Hall–Kier alpha value is -1.11. The third kappa shape index (κ3) is 2.03. The lowest BCUT2D eigenvalue weighted by Crippen LogP contribution is -2.08. The summed E-state index contributed by atoms with van der Waals surface area (Å²) in [6.07, 6.45) is 1.94. The van der Waals surface area contributed by atoms with Gasteiger partial charge in [0.05, 0.1) is 22.8 Å². The van der Waals surface area contributed by atoms with E-state index >= 15 is 0 Å². The van der Waals surface area contributed by atoms with Crippen LogP contribution in [0.5, 0.6) is 5.75 Å². The van der Waals surface area contributed by atoms with Crippen molar-refractivity contribution in [1.29, 1.82) is 5.26 Å². The second-order valence-corrected chi connectivity index (χ2v) is 3.41. The second kappa shape index (κ2) is 4.41. The number of ether oxygens (including phenoxy) is 1. The molecule has 0 fully saturated rings. The fourth-order valence-electron chi connectivity index (χ4n) is 0.985. The predicted molar refractivity (Wildman–Crippen MR) is 57.0 cm³/mol. The molecule has 74 valence electrons. The van der Waals surface area contributed by atoms with E-state index in [4.69, 9.17) is 33.2 Å². The van der Waals surface area contributed by atoms with Gasteiger partial charge in [-0.1, -0.05) is 23.2 Å². The van der Waals surface area contributed by atoms with Crippen molar-refractivity contribution in [1.82, 2.24) is 0 Å². The molecule has 0 saturated carbocycles. The molecule has 14 heavy (non-hydrogen) atoms. The molecule has 0 spiro atoms. The Morgan fingerprint density at radius 3 is 2.50 bits per heavy atom. The minimum absolute atomic E-state index is 0.425. The van der Waals surface area contributed by atoms with Crippen molar-refractivity contribution in [3.05, 3.63) is 22.2 Å². The molecule has 0 atom stereocenters. The molecule has 0 unspecified atom stereocenters. The number of nitriles is 1. The summed E-state index contributed by atoms with van der Waals surface area (Å²) in [5.41, 5.74) is 0.556. The molecule has 0 aliphatic rings. The van der Waals surface area contributed by atoms with E-state index < -0.39 is 0 Å². The molecule has 0 radical (unpaired) electrons. The molecule has 1 aromatic rings. The molecule has 0 saturated heterocycles. The first-order chi connectivity index (χ1) is 6.60. The van der Waals surface area contributed by atoms with Gasteiger partial charge >= 0.3 is 0 Å². The van der Waals surface area contributed by atoms with Crippen LogP contribution in [0.3, 0.4) is 0 Å². The zero-order valence-electron chi connectivity index (χ0n) is 7.71. The van der Waals surface area contributed by atoms with Crippen molar-refractivity contribution in [3.8, 4) is 11.9 Å². The Morgan fingerprint density at radius 1 is 1.36 bits per heavy atom. The van der Waals surface area contributed by atoms with Gasteiger partial charge in [0.2, 0.25) is 0 Å². The molecule has 0 aliphatic heterocycles. The predicted octanol–water partition coefficient (Wildman–Crippen LogP) is 2.92. The first-order valence-corrected chi connectivity index (χ1v) is 4.52. The number of hydrogen-bond acceptors (Lipinski definition) is 3.